The van der Waals surface area contributed by atoms with Crippen molar-refractivity contribution >= 4 is 11.7 Å². The molecule has 1 amide bonds. The zero-order valence-electron chi connectivity index (χ0n) is 15.2. The van der Waals surface area contributed by atoms with Crippen LogP contribution in [0.15, 0.2) is 72.9 Å². The van der Waals surface area contributed by atoms with E-state index in [1.54, 1.807) is 24.4 Å². The first kappa shape index (κ1) is 18.6. The molecule has 5 heteroatoms. The number of amides is 1. The molecule has 0 fully saturated rings. The van der Waals surface area contributed by atoms with Crippen LogP contribution in [0.1, 0.15) is 28.4 Å². The predicted octanol–water partition coefficient (Wildman–Crippen LogP) is 4.18. The molecule has 0 saturated carbocycles. The number of pyridine rings is 1. The molecule has 0 aliphatic carbocycles. The molecule has 27 heavy (non-hydrogen) atoms. The molecular formula is C22H22FN3O. The summed E-state index contributed by atoms with van der Waals surface area (Å²) >= 11 is 0. The van der Waals surface area contributed by atoms with Crippen LogP contribution in [0.4, 0.5) is 10.2 Å². The van der Waals surface area contributed by atoms with Gasteiger partial charge in [0.2, 0.25) is 0 Å². The molecule has 3 aromatic rings. The van der Waals surface area contributed by atoms with Crippen molar-refractivity contribution in [1.82, 2.24) is 10.3 Å². The zero-order chi connectivity index (χ0) is 19.1. The monoisotopic (exact) mass is 363 g/mol. The van der Waals surface area contributed by atoms with E-state index in [0.717, 1.165) is 24.5 Å². The van der Waals surface area contributed by atoms with Gasteiger partial charge in [-0.1, -0.05) is 42.5 Å². The smallest absolute Gasteiger partial charge is 0.253 e. The summed E-state index contributed by atoms with van der Waals surface area (Å²) in [5, 5.41) is 2.82. The third-order valence-electron chi connectivity index (χ3n) is 4.30. The van der Waals surface area contributed by atoms with Gasteiger partial charge in [0.25, 0.3) is 5.91 Å². The van der Waals surface area contributed by atoms with E-state index < -0.39 is 0 Å². The molecule has 0 atom stereocenters. The predicted molar refractivity (Wildman–Crippen MR) is 105 cm³/mol. The molecule has 1 aromatic heterocycles. The third-order valence-corrected chi connectivity index (χ3v) is 4.30. The minimum absolute atomic E-state index is 0.204. The van der Waals surface area contributed by atoms with E-state index in [0.29, 0.717) is 12.1 Å². The molecule has 1 N–H and O–H groups in total. The number of aromatic nitrogens is 1. The Morgan fingerprint density at radius 3 is 2.37 bits per heavy atom. The molecule has 1 heterocycles. The second-order valence-corrected chi connectivity index (χ2v) is 6.21. The second kappa shape index (κ2) is 8.94. The van der Waals surface area contributed by atoms with Crippen LogP contribution in [-0.4, -0.2) is 17.4 Å². The first-order chi connectivity index (χ1) is 13.2. The van der Waals surface area contributed by atoms with E-state index >= 15 is 0 Å². The highest BCUT2D eigenvalue weighted by molar-refractivity contribution is 5.94. The van der Waals surface area contributed by atoms with Crippen molar-refractivity contribution in [1.29, 1.82) is 0 Å². The van der Waals surface area contributed by atoms with Crippen molar-refractivity contribution in [3.63, 3.8) is 0 Å². The van der Waals surface area contributed by atoms with E-state index in [9.17, 15) is 9.18 Å². The summed E-state index contributed by atoms with van der Waals surface area (Å²) < 4.78 is 12.9. The molecule has 4 nitrogen and oxygen atoms in total. The minimum Gasteiger partial charge on any atom is -0.353 e. The van der Waals surface area contributed by atoms with E-state index in [2.05, 4.69) is 34.3 Å². The lowest BCUT2D eigenvalue weighted by Gasteiger charge is -2.22. The fourth-order valence-electron chi connectivity index (χ4n) is 2.75. The molecule has 3 rings (SSSR count). The van der Waals surface area contributed by atoms with E-state index in [1.165, 1.54) is 17.7 Å². The van der Waals surface area contributed by atoms with Crippen molar-refractivity contribution in [2.75, 3.05) is 11.4 Å². The zero-order valence-corrected chi connectivity index (χ0v) is 15.2. The quantitative estimate of drug-likeness (QED) is 0.685. The van der Waals surface area contributed by atoms with Crippen molar-refractivity contribution < 1.29 is 9.18 Å². The number of anilines is 1. The maximum atomic E-state index is 12.9. The molecule has 0 spiro atoms. The van der Waals surface area contributed by atoms with Crippen LogP contribution in [0.2, 0.25) is 0 Å². The summed E-state index contributed by atoms with van der Waals surface area (Å²) in [5.74, 6) is 0.335. The largest absolute Gasteiger partial charge is 0.353 e. The van der Waals surface area contributed by atoms with Gasteiger partial charge in [-0.15, -0.1) is 0 Å². The highest BCUT2D eigenvalue weighted by atomic mass is 19.1. The third kappa shape index (κ3) is 5.14. The highest BCUT2D eigenvalue weighted by Gasteiger charge is 2.10. The normalized spacial score (nSPS) is 10.4. The van der Waals surface area contributed by atoms with Gasteiger partial charge in [0.1, 0.15) is 11.6 Å². The molecule has 0 aliphatic heterocycles. The Kier molecular flexibility index (Phi) is 6.15. The molecule has 2 aromatic carbocycles. The summed E-state index contributed by atoms with van der Waals surface area (Å²) in [5.41, 5.74) is 2.55. The molecule has 0 bridgehead atoms. The lowest BCUT2D eigenvalue weighted by molar-refractivity contribution is 0.0950. The van der Waals surface area contributed by atoms with Crippen molar-refractivity contribution in [3.05, 3.63) is 95.4 Å². The van der Waals surface area contributed by atoms with Crippen LogP contribution in [-0.2, 0) is 13.1 Å². The van der Waals surface area contributed by atoms with Gasteiger partial charge < -0.3 is 10.2 Å². The number of rotatable bonds is 7. The number of nitrogens with one attached hydrogen (secondary N) is 1. The van der Waals surface area contributed by atoms with E-state index in [1.807, 2.05) is 24.3 Å². The summed E-state index contributed by atoms with van der Waals surface area (Å²) in [6, 6.07) is 19.9. The van der Waals surface area contributed by atoms with E-state index in [4.69, 9.17) is 0 Å². The maximum Gasteiger partial charge on any atom is 0.253 e. The second-order valence-electron chi connectivity index (χ2n) is 6.21. The van der Waals surface area contributed by atoms with Gasteiger partial charge >= 0.3 is 0 Å². The van der Waals surface area contributed by atoms with Gasteiger partial charge in [-0.25, -0.2) is 9.37 Å². The van der Waals surface area contributed by atoms with Gasteiger partial charge in [0, 0.05) is 25.8 Å². The Morgan fingerprint density at radius 2 is 1.74 bits per heavy atom. The average molecular weight is 363 g/mol. The maximum absolute atomic E-state index is 12.9. The van der Waals surface area contributed by atoms with Crippen LogP contribution < -0.4 is 10.2 Å². The average Bonchev–Trinajstić information content (AvgIpc) is 2.72. The number of benzene rings is 2. The number of halogens is 1. The first-order valence-electron chi connectivity index (χ1n) is 8.93. The SMILES string of the molecule is CCN(Cc1ccccc1)c1ccc(C(=O)NCc2ccc(F)cc2)cn1. The van der Waals surface area contributed by atoms with Crippen molar-refractivity contribution in [3.8, 4) is 0 Å². The van der Waals surface area contributed by atoms with Crippen LogP contribution in [0.5, 0.6) is 0 Å². The standard InChI is InChI=1S/C22H22FN3O/c1-2-26(16-18-6-4-3-5-7-18)21-13-10-19(15-24-21)22(27)25-14-17-8-11-20(23)12-9-17/h3-13,15H,2,14,16H2,1H3,(H,25,27). The number of hydrogen-bond acceptors (Lipinski definition) is 3. The fourth-order valence-corrected chi connectivity index (χ4v) is 2.75. The van der Waals surface area contributed by atoms with Gasteiger partial charge in [0.15, 0.2) is 0 Å². The Bertz CT molecular complexity index is 864. The molecule has 0 radical (unpaired) electrons. The molecule has 0 aliphatic rings. The van der Waals surface area contributed by atoms with Crippen molar-refractivity contribution in [2.45, 2.75) is 20.0 Å². The topological polar surface area (TPSA) is 45.2 Å². The van der Waals surface area contributed by atoms with Crippen LogP contribution in [0, 0.1) is 5.82 Å². The Morgan fingerprint density at radius 1 is 1.00 bits per heavy atom. The number of nitrogens with zero attached hydrogens (tertiary/aromatic N) is 2. The van der Waals surface area contributed by atoms with Gasteiger partial charge in [0.05, 0.1) is 5.56 Å². The Balaban J connectivity index is 1.61. The lowest BCUT2D eigenvalue weighted by Crippen LogP contribution is -2.25. The summed E-state index contributed by atoms with van der Waals surface area (Å²) in [7, 11) is 0. The molecule has 0 saturated heterocycles. The van der Waals surface area contributed by atoms with Gasteiger partial charge in [-0.2, -0.15) is 0 Å². The summed E-state index contributed by atoms with van der Waals surface area (Å²) in [6.45, 7) is 4.00. The van der Waals surface area contributed by atoms with Gasteiger partial charge in [-0.05, 0) is 42.3 Å². The van der Waals surface area contributed by atoms with Gasteiger partial charge in [-0.3, -0.25) is 4.79 Å². The summed E-state index contributed by atoms with van der Waals surface area (Å²) in [4.78, 5) is 18.9. The molecule has 138 valence electrons. The molecular weight excluding hydrogens is 341 g/mol. The number of hydrogen-bond donors (Lipinski definition) is 1. The van der Waals surface area contributed by atoms with Crippen molar-refractivity contribution in [2.24, 2.45) is 0 Å². The van der Waals surface area contributed by atoms with Crippen LogP contribution in [0.25, 0.3) is 0 Å². The lowest BCUT2D eigenvalue weighted by atomic mass is 10.2. The fraction of sp³-hybridized carbons (Fsp3) is 0.182. The van der Waals surface area contributed by atoms with E-state index in [-0.39, 0.29) is 11.7 Å². The number of carbonyl (C=O) groups excluding carboxylic acids is 1. The summed E-state index contributed by atoms with van der Waals surface area (Å²) in [6.07, 6.45) is 1.59. The first-order valence-corrected chi connectivity index (χ1v) is 8.93. The Hall–Kier alpha value is -3.21. The number of carbonyl (C=O) groups is 1. The highest BCUT2D eigenvalue weighted by Crippen LogP contribution is 2.15. The molecule has 0 unspecified atom stereocenters. The Labute approximate surface area is 158 Å². The van der Waals surface area contributed by atoms with Crippen LogP contribution in [0.3, 0.4) is 0 Å². The minimum atomic E-state index is -0.291. The van der Waals surface area contributed by atoms with Crippen LogP contribution >= 0.6 is 0 Å².